The summed E-state index contributed by atoms with van der Waals surface area (Å²) in [5.41, 5.74) is 1.80. The van der Waals surface area contributed by atoms with Crippen LogP contribution in [-0.4, -0.2) is 6.04 Å². The van der Waals surface area contributed by atoms with Crippen molar-refractivity contribution in [1.29, 1.82) is 0 Å². The van der Waals surface area contributed by atoms with E-state index in [1.165, 1.54) is 50.6 Å². The van der Waals surface area contributed by atoms with Crippen LogP contribution >= 0.6 is 11.6 Å². The predicted molar refractivity (Wildman–Crippen MR) is 73.6 cm³/mol. The summed E-state index contributed by atoms with van der Waals surface area (Å²) in [6, 6.07) is 8.80. The highest BCUT2D eigenvalue weighted by Crippen LogP contribution is 2.52. The van der Waals surface area contributed by atoms with E-state index < -0.39 is 0 Å². The molecule has 2 heteroatoms. The van der Waals surface area contributed by atoms with Crippen LogP contribution in [0.4, 0.5) is 5.69 Å². The van der Waals surface area contributed by atoms with Crippen molar-refractivity contribution in [1.82, 2.24) is 0 Å². The van der Waals surface area contributed by atoms with Gasteiger partial charge in [0.2, 0.25) is 0 Å². The number of anilines is 1. The summed E-state index contributed by atoms with van der Waals surface area (Å²) in [5.74, 6) is 0. The number of hydrogen-bond acceptors (Lipinski definition) is 1. The van der Waals surface area contributed by atoms with Crippen molar-refractivity contribution in [3.63, 3.8) is 0 Å². The molecule has 2 saturated carbocycles. The second-order valence-electron chi connectivity index (χ2n) is 5.67. The monoisotopic (exact) mass is 249 g/mol. The van der Waals surface area contributed by atoms with Crippen molar-refractivity contribution in [2.45, 2.75) is 51.0 Å². The van der Waals surface area contributed by atoms with E-state index in [1.54, 1.807) is 0 Å². The molecule has 0 aromatic heterocycles. The number of halogens is 1. The topological polar surface area (TPSA) is 12.0 Å². The van der Waals surface area contributed by atoms with E-state index in [4.69, 9.17) is 11.6 Å². The second kappa shape index (κ2) is 4.53. The van der Waals surface area contributed by atoms with Gasteiger partial charge in [-0.3, -0.25) is 0 Å². The van der Waals surface area contributed by atoms with E-state index in [0.29, 0.717) is 11.5 Å². The van der Waals surface area contributed by atoms with Gasteiger partial charge in [0, 0.05) is 16.8 Å². The predicted octanol–water partition coefficient (Wildman–Crippen LogP) is 4.86. The van der Waals surface area contributed by atoms with Gasteiger partial charge in [-0.25, -0.2) is 0 Å². The molecule has 92 valence electrons. The van der Waals surface area contributed by atoms with Crippen LogP contribution < -0.4 is 5.32 Å². The van der Waals surface area contributed by atoms with E-state index in [2.05, 4.69) is 11.4 Å². The Morgan fingerprint density at radius 3 is 2.59 bits per heavy atom. The lowest BCUT2D eigenvalue weighted by Gasteiger charge is -2.52. The Hall–Kier alpha value is -0.690. The molecule has 1 unspecified atom stereocenters. The summed E-state index contributed by atoms with van der Waals surface area (Å²) in [4.78, 5) is 0. The van der Waals surface area contributed by atoms with Crippen LogP contribution in [0.2, 0.25) is 5.02 Å². The highest BCUT2D eigenvalue weighted by atomic mass is 35.5. The molecule has 1 N–H and O–H groups in total. The highest BCUT2D eigenvalue weighted by molar-refractivity contribution is 6.30. The zero-order valence-corrected chi connectivity index (χ0v) is 11.0. The molecule has 2 fully saturated rings. The maximum absolute atomic E-state index is 6.03. The van der Waals surface area contributed by atoms with Crippen molar-refractivity contribution in [2.75, 3.05) is 5.32 Å². The minimum atomic E-state index is 0.612. The van der Waals surface area contributed by atoms with Crippen LogP contribution in [0.1, 0.15) is 44.9 Å². The summed E-state index contributed by atoms with van der Waals surface area (Å²) in [7, 11) is 0. The third-order valence-corrected chi connectivity index (χ3v) is 4.92. The molecular weight excluding hydrogens is 230 g/mol. The van der Waals surface area contributed by atoms with Gasteiger partial charge in [-0.15, -0.1) is 0 Å². The first-order chi connectivity index (χ1) is 8.28. The largest absolute Gasteiger partial charge is 0.382 e. The lowest BCUT2D eigenvalue weighted by molar-refractivity contribution is 0.0571. The zero-order chi connectivity index (χ0) is 11.7. The third kappa shape index (κ3) is 2.18. The summed E-state index contributed by atoms with van der Waals surface area (Å²) in [5, 5.41) is 4.52. The standard InChI is InChI=1S/C15H20ClN/c16-12-5-4-6-13(11-12)17-14-7-10-15(14)8-2-1-3-9-15/h4-6,11,14,17H,1-3,7-10H2. The fourth-order valence-corrected chi connectivity index (χ4v) is 3.75. The normalized spacial score (nSPS) is 26.5. The summed E-state index contributed by atoms with van der Waals surface area (Å²) in [6.45, 7) is 0. The Morgan fingerprint density at radius 2 is 1.94 bits per heavy atom. The third-order valence-electron chi connectivity index (χ3n) is 4.68. The minimum Gasteiger partial charge on any atom is -0.382 e. The summed E-state index contributed by atoms with van der Waals surface area (Å²) >= 11 is 6.03. The van der Waals surface area contributed by atoms with Crippen LogP contribution in [0.3, 0.4) is 0 Å². The molecule has 0 saturated heterocycles. The molecule has 0 bridgehead atoms. The van der Waals surface area contributed by atoms with Crippen molar-refractivity contribution >= 4 is 17.3 Å². The van der Waals surface area contributed by atoms with Gasteiger partial charge in [0.05, 0.1) is 0 Å². The Labute approximate surface area is 109 Å². The van der Waals surface area contributed by atoms with Crippen molar-refractivity contribution < 1.29 is 0 Å². The first-order valence-corrected chi connectivity index (χ1v) is 7.18. The number of rotatable bonds is 2. The van der Waals surface area contributed by atoms with Crippen molar-refractivity contribution in [3.05, 3.63) is 29.3 Å². The molecular formula is C15H20ClN. The number of nitrogens with one attached hydrogen (secondary N) is 1. The van der Waals surface area contributed by atoms with E-state index in [0.717, 1.165) is 5.02 Å². The van der Waals surface area contributed by atoms with E-state index in [9.17, 15) is 0 Å². The minimum absolute atomic E-state index is 0.612. The molecule has 1 aromatic carbocycles. The summed E-state index contributed by atoms with van der Waals surface area (Å²) < 4.78 is 0. The molecule has 0 radical (unpaired) electrons. The lowest BCUT2D eigenvalue weighted by Crippen LogP contribution is -2.50. The van der Waals surface area contributed by atoms with Gasteiger partial charge in [0.1, 0.15) is 0 Å². The van der Waals surface area contributed by atoms with Crippen molar-refractivity contribution in [2.24, 2.45) is 5.41 Å². The van der Waals surface area contributed by atoms with E-state index in [-0.39, 0.29) is 0 Å². The van der Waals surface area contributed by atoms with Gasteiger partial charge < -0.3 is 5.32 Å². The van der Waals surface area contributed by atoms with E-state index >= 15 is 0 Å². The molecule has 17 heavy (non-hydrogen) atoms. The average Bonchev–Trinajstić information content (AvgIpc) is 2.36. The molecule has 0 amide bonds. The average molecular weight is 250 g/mol. The van der Waals surface area contributed by atoms with Gasteiger partial charge in [0.25, 0.3) is 0 Å². The fourth-order valence-electron chi connectivity index (χ4n) is 3.56. The van der Waals surface area contributed by atoms with Crippen LogP contribution in [0.25, 0.3) is 0 Å². The van der Waals surface area contributed by atoms with Gasteiger partial charge in [-0.05, 0) is 49.3 Å². The molecule has 1 nitrogen and oxygen atoms in total. The molecule has 3 rings (SSSR count). The van der Waals surface area contributed by atoms with Crippen LogP contribution in [-0.2, 0) is 0 Å². The molecule has 0 aliphatic heterocycles. The quantitative estimate of drug-likeness (QED) is 0.789. The first kappa shape index (κ1) is 11.4. The SMILES string of the molecule is Clc1cccc(NC2CCC23CCCCC3)c1. The molecule has 2 aliphatic carbocycles. The Kier molecular flexibility index (Phi) is 3.04. The van der Waals surface area contributed by atoms with Crippen molar-refractivity contribution in [3.8, 4) is 0 Å². The molecule has 1 spiro atoms. The van der Waals surface area contributed by atoms with Gasteiger partial charge in [-0.2, -0.15) is 0 Å². The molecule has 0 heterocycles. The summed E-state index contributed by atoms with van der Waals surface area (Å²) in [6.07, 6.45) is 9.88. The fraction of sp³-hybridized carbons (Fsp3) is 0.600. The van der Waals surface area contributed by atoms with Gasteiger partial charge in [-0.1, -0.05) is 36.9 Å². The second-order valence-corrected chi connectivity index (χ2v) is 6.11. The maximum atomic E-state index is 6.03. The molecule has 1 atom stereocenters. The van der Waals surface area contributed by atoms with E-state index in [1.807, 2.05) is 18.2 Å². The van der Waals surface area contributed by atoms with Crippen LogP contribution in [0.5, 0.6) is 0 Å². The van der Waals surface area contributed by atoms with Crippen LogP contribution in [0.15, 0.2) is 24.3 Å². The maximum Gasteiger partial charge on any atom is 0.0426 e. The number of hydrogen-bond donors (Lipinski definition) is 1. The zero-order valence-electron chi connectivity index (χ0n) is 10.2. The highest BCUT2D eigenvalue weighted by Gasteiger charge is 2.46. The smallest absolute Gasteiger partial charge is 0.0426 e. The molecule has 1 aromatic rings. The Bertz CT molecular complexity index is 396. The van der Waals surface area contributed by atoms with Gasteiger partial charge >= 0.3 is 0 Å². The number of benzene rings is 1. The molecule has 2 aliphatic rings. The lowest BCUT2D eigenvalue weighted by atomic mass is 9.57. The van der Waals surface area contributed by atoms with Crippen LogP contribution in [0, 0.1) is 5.41 Å². The Morgan fingerprint density at radius 1 is 1.12 bits per heavy atom. The Balaban J connectivity index is 1.69. The first-order valence-electron chi connectivity index (χ1n) is 6.81. The van der Waals surface area contributed by atoms with Gasteiger partial charge in [0.15, 0.2) is 0 Å².